The lowest BCUT2D eigenvalue weighted by atomic mass is 10.2. The van der Waals surface area contributed by atoms with Crippen molar-refractivity contribution in [2.75, 3.05) is 5.32 Å². The van der Waals surface area contributed by atoms with Gasteiger partial charge < -0.3 is 5.32 Å². The Balaban J connectivity index is 1.36. The molecule has 36 heavy (non-hydrogen) atoms. The van der Waals surface area contributed by atoms with Crippen LogP contribution in [0.1, 0.15) is 10.4 Å². The van der Waals surface area contributed by atoms with Crippen LogP contribution < -0.4 is 10.0 Å². The Hall–Kier alpha value is -4.76. The van der Waals surface area contributed by atoms with E-state index in [2.05, 4.69) is 20.1 Å². The summed E-state index contributed by atoms with van der Waals surface area (Å²) in [5.74, 6) is 0.330. The third kappa shape index (κ3) is 5.01. The summed E-state index contributed by atoms with van der Waals surface area (Å²) >= 11 is 0. The van der Waals surface area contributed by atoms with E-state index in [1.807, 2.05) is 60.7 Å². The molecule has 1 heterocycles. The van der Waals surface area contributed by atoms with Gasteiger partial charge in [0, 0.05) is 16.8 Å². The Kier molecular flexibility index (Phi) is 6.29. The van der Waals surface area contributed by atoms with Crippen LogP contribution in [0.15, 0.2) is 120 Å². The number of aromatic nitrogens is 3. The van der Waals surface area contributed by atoms with E-state index in [-0.39, 0.29) is 10.5 Å². The van der Waals surface area contributed by atoms with E-state index in [1.54, 1.807) is 35.0 Å². The van der Waals surface area contributed by atoms with E-state index in [0.29, 0.717) is 17.5 Å². The summed E-state index contributed by atoms with van der Waals surface area (Å²) in [7, 11) is -3.96. The van der Waals surface area contributed by atoms with Crippen molar-refractivity contribution in [2.45, 2.75) is 4.90 Å². The molecule has 0 spiro atoms. The first-order chi connectivity index (χ1) is 17.5. The van der Waals surface area contributed by atoms with Gasteiger partial charge >= 0.3 is 0 Å². The van der Waals surface area contributed by atoms with Gasteiger partial charge in [-0.3, -0.25) is 4.79 Å². The maximum Gasteiger partial charge on any atom is 0.264 e. The molecule has 2 N–H and O–H groups in total. The molecule has 0 aliphatic rings. The summed E-state index contributed by atoms with van der Waals surface area (Å²) in [5.41, 5.74) is 2.62. The number of hydrogen-bond donors (Lipinski definition) is 2. The number of hydrogen-bond acceptors (Lipinski definition) is 6. The van der Waals surface area contributed by atoms with E-state index in [9.17, 15) is 13.2 Å². The van der Waals surface area contributed by atoms with Gasteiger partial charge in [0.2, 0.25) is 5.95 Å². The summed E-state index contributed by atoms with van der Waals surface area (Å²) < 4.78 is 28.7. The van der Waals surface area contributed by atoms with E-state index in [0.717, 1.165) is 11.3 Å². The third-order valence-corrected chi connectivity index (χ3v) is 6.67. The van der Waals surface area contributed by atoms with Crippen LogP contribution >= 0.6 is 0 Å². The summed E-state index contributed by atoms with van der Waals surface area (Å²) in [6, 6.07) is 33.6. The second-order valence-corrected chi connectivity index (χ2v) is 9.50. The van der Waals surface area contributed by atoms with Crippen LogP contribution in [-0.2, 0) is 10.0 Å². The SMILES string of the molecule is O=C(NS(=O)(=O)c1ccccc1)c1ccc(Nc2nc(-c3ccccc3)n(-c3ccccc3)n2)cc1. The van der Waals surface area contributed by atoms with E-state index in [1.165, 1.54) is 24.3 Å². The molecule has 0 unspecified atom stereocenters. The Morgan fingerprint density at radius 3 is 1.94 bits per heavy atom. The number of nitrogens with one attached hydrogen (secondary N) is 2. The second kappa shape index (κ2) is 9.85. The summed E-state index contributed by atoms with van der Waals surface area (Å²) in [5, 5.41) is 7.78. The maximum atomic E-state index is 12.5. The largest absolute Gasteiger partial charge is 0.323 e. The van der Waals surface area contributed by atoms with Gasteiger partial charge in [-0.25, -0.2) is 17.8 Å². The molecule has 5 rings (SSSR count). The van der Waals surface area contributed by atoms with Crippen molar-refractivity contribution in [3.63, 3.8) is 0 Å². The standard InChI is InChI=1S/C27H21N5O3S/c33-26(31-36(34,35)24-14-8-3-9-15-24)21-16-18-22(19-17-21)28-27-29-25(20-10-4-1-5-11-20)32(30-27)23-12-6-2-7-13-23/h1-19H,(H,28,30)(H,31,33). The zero-order valence-corrected chi connectivity index (χ0v) is 19.8. The van der Waals surface area contributed by atoms with Crippen molar-refractivity contribution in [1.29, 1.82) is 0 Å². The van der Waals surface area contributed by atoms with Crippen molar-refractivity contribution in [3.8, 4) is 17.1 Å². The fourth-order valence-electron chi connectivity index (χ4n) is 3.56. The first-order valence-electron chi connectivity index (χ1n) is 11.1. The van der Waals surface area contributed by atoms with Crippen LogP contribution in [0.3, 0.4) is 0 Å². The highest BCUT2D eigenvalue weighted by atomic mass is 32.2. The van der Waals surface area contributed by atoms with Gasteiger partial charge in [0.15, 0.2) is 5.82 Å². The van der Waals surface area contributed by atoms with Crippen molar-refractivity contribution < 1.29 is 13.2 Å². The zero-order valence-electron chi connectivity index (χ0n) is 18.9. The monoisotopic (exact) mass is 495 g/mol. The van der Waals surface area contributed by atoms with E-state index >= 15 is 0 Å². The van der Waals surface area contributed by atoms with Crippen molar-refractivity contribution >= 4 is 27.6 Å². The highest BCUT2D eigenvalue weighted by Gasteiger charge is 2.18. The highest BCUT2D eigenvalue weighted by Crippen LogP contribution is 2.24. The lowest BCUT2D eigenvalue weighted by Crippen LogP contribution is -2.30. The van der Waals surface area contributed by atoms with Crippen molar-refractivity contribution in [3.05, 3.63) is 121 Å². The lowest BCUT2D eigenvalue weighted by Gasteiger charge is -2.08. The number of benzene rings is 4. The molecule has 8 nitrogen and oxygen atoms in total. The molecule has 0 aliphatic heterocycles. The van der Waals surface area contributed by atoms with Gasteiger partial charge in [0.05, 0.1) is 10.6 Å². The van der Waals surface area contributed by atoms with Crippen LogP contribution in [0.25, 0.3) is 17.1 Å². The third-order valence-electron chi connectivity index (χ3n) is 5.32. The Labute approximate surface area is 208 Å². The fourth-order valence-corrected chi connectivity index (χ4v) is 4.56. The van der Waals surface area contributed by atoms with Gasteiger partial charge in [-0.05, 0) is 48.5 Å². The molecule has 178 valence electrons. The fraction of sp³-hybridized carbons (Fsp3) is 0. The summed E-state index contributed by atoms with van der Waals surface area (Å²) in [4.78, 5) is 17.2. The molecule has 4 aromatic carbocycles. The smallest absolute Gasteiger partial charge is 0.264 e. The summed E-state index contributed by atoms with van der Waals surface area (Å²) in [6.07, 6.45) is 0. The maximum absolute atomic E-state index is 12.5. The number of carbonyl (C=O) groups excluding carboxylic acids is 1. The first-order valence-corrected chi connectivity index (χ1v) is 12.6. The van der Waals surface area contributed by atoms with Crippen LogP contribution in [0.5, 0.6) is 0 Å². The molecular formula is C27H21N5O3S. The lowest BCUT2D eigenvalue weighted by molar-refractivity contribution is 0.0981. The van der Waals surface area contributed by atoms with Gasteiger partial charge in [0.25, 0.3) is 15.9 Å². The zero-order chi connectivity index (χ0) is 25.0. The molecule has 0 saturated carbocycles. The minimum atomic E-state index is -3.96. The molecule has 0 aliphatic carbocycles. The Morgan fingerprint density at radius 1 is 0.722 bits per heavy atom. The molecule has 1 aromatic heterocycles. The molecule has 9 heteroatoms. The summed E-state index contributed by atoms with van der Waals surface area (Å²) in [6.45, 7) is 0. The van der Waals surface area contributed by atoms with Crippen LogP contribution in [0.4, 0.5) is 11.6 Å². The average Bonchev–Trinajstić information content (AvgIpc) is 3.34. The van der Waals surface area contributed by atoms with Crippen LogP contribution in [0.2, 0.25) is 0 Å². The molecule has 0 saturated heterocycles. The predicted octanol–water partition coefficient (Wildman–Crippen LogP) is 4.80. The van der Waals surface area contributed by atoms with Crippen LogP contribution in [0, 0.1) is 0 Å². The number of rotatable bonds is 7. The molecule has 0 fully saturated rings. The molecular weight excluding hydrogens is 474 g/mol. The van der Waals surface area contributed by atoms with Crippen molar-refractivity contribution in [1.82, 2.24) is 19.5 Å². The van der Waals surface area contributed by atoms with Crippen LogP contribution in [-0.4, -0.2) is 29.1 Å². The van der Waals surface area contributed by atoms with Crippen molar-refractivity contribution in [2.24, 2.45) is 0 Å². The number of carbonyl (C=O) groups is 1. The first kappa shape index (κ1) is 23.0. The van der Waals surface area contributed by atoms with E-state index < -0.39 is 15.9 Å². The van der Waals surface area contributed by atoms with Gasteiger partial charge in [-0.1, -0.05) is 66.7 Å². The quantitative estimate of drug-likeness (QED) is 0.336. The Morgan fingerprint density at radius 2 is 1.31 bits per heavy atom. The second-order valence-electron chi connectivity index (χ2n) is 7.82. The molecule has 0 bridgehead atoms. The molecule has 5 aromatic rings. The van der Waals surface area contributed by atoms with Gasteiger partial charge in [-0.2, -0.15) is 4.98 Å². The number of anilines is 2. The van der Waals surface area contributed by atoms with Gasteiger partial charge in [-0.15, -0.1) is 5.10 Å². The minimum absolute atomic E-state index is 0.0194. The highest BCUT2D eigenvalue weighted by molar-refractivity contribution is 7.90. The number of para-hydroxylation sites is 1. The van der Waals surface area contributed by atoms with E-state index in [4.69, 9.17) is 0 Å². The normalized spacial score (nSPS) is 11.1. The number of nitrogens with zero attached hydrogens (tertiary/aromatic N) is 3. The molecule has 1 amide bonds. The number of sulfonamides is 1. The topological polar surface area (TPSA) is 106 Å². The minimum Gasteiger partial charge on any atom is -0.323 e. The van der Waals surface area contributed by atoms with Gasteiger partial charge in [0.1, 0.15) is 0 Å². The Bertz CT molecular complexity index is 1530. The molecule has 0 radical (unpaired) electrons. The molecule has 0 atom stereocenters. The average molecular weight is 496 g/mol. The number of amides is 1. The predicted molar refractivity (Wildman–Crippen MR) is 138 cm³/mol.